The second kappa shape index (κ2) is 14.2. The molecule has 3 aromatic rings. The molecule has 0 radical (unpaired) electrons. The van der Waals surface area contributed by atoms with E-state index in [1.165, 1.54) is 36.3 Å². The Labute approximate surface area is 255 Å². The van der Waals surface area contributed by atoms with Crippen LogP contribution in [0.3, 0.4) is 0 Å². The van der Waals surface area contributed by atoms with Gasteiger partial charge in [0, 0.05) is 17.6 Å². The molecule has 0 spiro atoms. The minimum atomic E-state index is -4.20. The van der Waals surface area contributed by atoms with Gasteiger partial charge in [0.15, 0.2) is 0 Å². The fraction of sp³-hybridized carbons (Fsp3) is 0.333. The maximum Gasteiger partial charge on any atom is 0.264 e. The topological polar surface area (TPSA) is 96.0 Å². The van der Waals surface area contributed by atoms with Gasteiger partial charge in [-0.2, -0.15) is 0 Å². The predicted molar refractivity (Wildman–Crippen MR) is 166 cm³/mol. The fourth-order valence-electron chi connectivity index (χ4n) is 4.04. The van der Waals surface area contributed by atoms with Gasteiger partial charge in [0.05, 0.1) is 22.7 Å². The van der Waals surface area contributed by atoms with Gasteiger partial charge in [0.2, 0.25) is 11.8 Å². The van der Waals surface area contributed by atoms with E-state index in [9.17, 15) is 18.0 Å². The molecule has 0 saturated heterocycles. The van der Waals surface area contributed by atoms with Crippen LogP contribution in [0.5, 0.6) is 5.75 Å². The summed E-state index contributed by atoms with van der Waals surface area (Å²) in [7, 11) is -2.75. The van der Waals surface area contributed by atoms with Crippen LogP contribution in [0.15, 0.2) is 76.1 Å². The third kappa shape index (κ3) is 8.47. The van der Waals surface area contributed by atoms with Crippen molar-refractivity contribution < 1.29 is 22.7 Å². The van der Waals surface area contributed by atoms with E-state index in [0.29, 0.717) is 12.3 Å². The molecule has 0 fully saturated rings. The summed E-state index contributed by atoms with van der Waals surface area (Å²) >= 11 is 9.81. The van der Waals surface area contributed by atoms with E-state index < -0.39 is 28.5 Å². The summed E-state index contributed by atoms with van der Waals surface area (Å²) in [6, 6.07) is 17.4. The van der Waals surface area contributed by atoms with E-state index in [-0.39, 0.29) is 34.0 Å². The van der Waals surface area contributed by atoms with E-state index in [1.54, 1.807) is 25.1 Å². The molecule has 1 atom stereocenters. The van der Waals surface area contributed by atoms with E-state index in [0.717, 1.165) is 19.9 Å². The Morgan fingerprint density at radius 3 is 2.29 bits per heavy atom. The molecule has 1 N–H and O–H groups in total. The van der Waals surface area contributed by atoms with Gasteiger partial charge in [-0.15, -0.1) is 0 Å². The molecule has 41 heavy (non-hydrogen) atoms. The van der Waals surface area contributed by atoms with Crippen LogP contribution in [0.25, 0.3) is 0 Å². The Bertz CT molecular complexity index is 1480. The Balaban J connectivity index is 2.05. The zero-order valence-corrected chi connectivity index (χ0v) is 26.9. The highest BCUT2D eigenvalue weighted by Gasteiger charge is 2.33. The molecule has 2 amide bonds. The molecular weight excluding hydrogens is 630 g/mol. The summed E-state index contributed by atoms with van der Waals surface area (Å²) in [6.07, 6.45) is 0. The molecule has 3 rings (SSSR count). The van der Waals surface area contributed by atoms with Gasteiger partial charge in [-0.05, 0) is 67.8 Å². The summed E-state index contributed by atoms with van der Waals surface area (Å²) in [5.74, 6) is -0.307. The average Bonchev–Trinajstić information content (AvgIpc) is 2.93. The lowest BCUT2D eigenvalue weighted by atomic mass is 10.1. The molecule has 0 aromatic heterocycles. The highest BCUT2D eigenvalue weighted by Crippen LogP contribution is 2.32. The quantitative estimate of drug-likeness (QED) is 0.264. The molecule has 220 valence electrons. The maximum absolute atomic E-state index is 14.0. The van der Waals surface area contributed by atoms with Crippen molar-refractivity contribution in [2.75, 3.05) is 24.5 Å². The van der Waals surface area contributed by atoms with Gasteiger partial charge in [0.25, 0.3) is 10.0 Å². The summed E-state index contributed by atoms with van der Waals surface area (Å²) in [6.45, 7) is 7.42. The van der Waals surface area contributed by atoms with Gasteiger partial charge < -0.3 is 15.0 Å². The van der Waals surface area contributed by atoms with Crippen LogP contribution in [-0.4, -0.2) is 51.4 Å². The first-order chi connectivity index (χ1) is 19.3. The zero-order chi connectivity index (χ0) is 30.3. The average molecular weight is 665 g/mol. The van der Waals surface area contributed by atoms with Gasteiger partial charge >= 0.3 is 0 Å². The van der Waals surface area contributed by atoms with E-state index in [2.05, 4.69) is 21.2 Å². The third-order valence-corrected chi connectivity index (χ3v) is 8.98. The van der Waals surface area contributed by atoms with Crippen molar-refractivity contribution >= 4 is 55.1 Å². The number of anilines is 1. The molecule has 0 aliphatic heterocycles. The molecule has 3 aromatic carbocycles. The van der Waals surface area contributed by atoms with Crippen LogP contribution in [-0.2, 0) is 26.2 Å². The Hall–Kier alpha value is -3.08. The first kappa shape index (κ1) is 32.4. The van der Waals surface area contributed by atoms with Gasteiger partial charge in [-0.1, -0.05) is 71.2 Å². The van der Waals surface area contributed by atoms with E-state index in [4.69, 9.17) is 16.3 Å². The fourth-order valence-corrected chi connectivity index (χ4v) is 6.15. The van der Waals surface area contributed by atoms with Crippen LogP contribution in [0.2, 0.25) is 5.02 Å². The normalized spacial score (nSPS) is 12.1. The Morgan fingerprint density at radius 2 is 1.71 bits per heavy atom. The molecule has 0 unspecified atom stereocenters. The first-order valence-electron chi connectivity index (χ1n) is 13.1. The number of carbonyl (C=O) groups is 2. The lowest BCUT2D eigenvalue weighted by Crippen LogP contribution is -2.51. The number of ether oxygens (including phenoxy) is 1. The maximum atomic E-state index is 14.0. The number of hydrogen-bond acceptors (Lipinski definition) is 5. The summed E-state index contributed by atoms with van der Waals surface area (Å²) < 4.78 is 35.0. The van der Waals surface area contributed by atoms with Crippen molar-refractivity contribution in [1.82, 2.24) is 10.2 Å². The van der Waals surface area contributed by atoms with Gasteiger partial charge in [0.1, 0.15) is 18.3 Å². The van der Waals surface area contributed by atoms with Crippen molar-refractivity contribution in [2.24, 2.45) is 5.92 Å². The van der Waals surface area contributed by atoms with Crippen LogP contribution in [0.4, 0.5) is 5.69 Å². The molecule has 0 heterocycles. The summed E-state index contributed by atoms with van der Waals surface area (Å²) in [5, 5.41) is 3.06. The van der Waals surface area contributed by atoms with Gasteiger partial charge in [-0.3, -0.25) is 13.9 Å². The first-order valence-corrected chi connectivity index (χ1v) is 15.7. The number of halogens is 2. The van der Waals surface area contributed by atoms with Crippen molar-refractivity contribution in [3.05, 3.63) is 87.4 Å². The van der Waals surface area contributed by atoms with Crippen LogP contribution < -0.4 is 14.4 Å². The smallest absolute Gasteiger partial charge is 0.264 e. The van der Waals surface area contributed by atoms with Crippen molar-refractivity contribution in [1.29, 1.82) is 0 Å². The molecule has 8 nitrogen and oxygen atoms in total. The van der Waals surface area contributed by atoms with Crippen LogP contribution in [0.1, 0.15) is 31.9 Å². The SMILES string of the molecule is COc1ccc(N(CC(=O)N(Cc2cccc(Br)c2)[C@H](C)C(=O)NCC(C)C)S(=O)(=O)c2ccc(C)cc2)cc1Cl. The van der Waals surface area contributed by atoms with Crippen molar-refractivity contribution in [3.63, 3.8) is 0 Å². The number of amides is 2. The third-order valence-electron chi connectivity index (χ3n) is 6.40. The number of nitrogens with one attached hydrogen (secondary N) is 1. The number of carbonyl (C=O) groups excluding carboxylic acids is 2. The number of methoxy groups -OCH3 is 1. The number of hydrogen-bond donors (Lipinski definition) is 1. The molecule has 0 aliphatic carbocycles. The van der Waals surface area contributed by atoms with Crippen LogP contribution >= 0.6 is 27.5 Å². The lowest BCUT2D eigenvalue weighted by molar-refractivity contribution is -0.139. The summed E-state index contributed by atoms with van der Waals surface area (Å²) in [4.78, 5) is 28.5. The van der Waals surface area contributed by atoms with Crippen molar-refractivity contribution in [3.8, 4) is 5.75 Å². The highest BCUT2D eigenvalue weighted by molar-refractivity contribution is 9.10. The summed E-state index contributed by atoms with van der Waals surface area (Å²) in [5.41, 5.74) is 1.85. The molecule has 0 saturated carbocycles. The van der Waals surface area contributed by atoms with E-state index in [1.807, 2.05) is 45.0 Å². The number of nitrogens with zero attached hydrogens (tertiary/aromatic N) is 2. The number of rotatable bonds is 12. The monoisotopic (exact) mass is 663 g/mol. The number of aryl methyl sites for hydroxylation is 1. The largest absolute Gasteiger partial charge is 0.495 e. The molecule has 11 heteroatoms. The Kier molecular flexibility index (Phi) is 11.2. The highest BCUT2D eigenvalue weighted by atomic mass is 79.9. The second-order valence-electron chi connectivity index (χ2n) is 10.1. The van der Waals surface area contributed by atoms with Gasteiger partial charge in [-0.25, -0.2) is 8.42 Å². The minimum Gasteiger partial charge on any atom is -0.495 e. The molecule has 0 aliphatic rings. The molecule has 0 bridgehead atoms. The number of benzene rings is 3. The minimum absolute atomic E-state index is 0.0177. The molecular formula is C30H35BrClN3O5S. The standard InChI is InChI=1S/C30H35BrClN3O5S/c1-20(2)17-33-30(37)22(4)34(18-23-7-6-8-24(31)15-23)29(36)19-35(25-11-14-28(40-5)27(32)16-25)41(38,39)26-12-9-21(3)10-13-26/h6-16,20,22H,17-19H2,1-5H3,(H,33,37)/t22-/m1/s1. The van der Waals surface area contributed by atoms with Crippen molar-refractivity contribution in [2.45, 2.75) is 45.2 Å². The van der Waals surface area contributed by atoms with E-state index >= 15 is 0 Å². The second-order valence-corrected chi connectivity index (χ2v) is 13.3. The number of sulfonamides is 1. The Morgan fingerprint density at radius 1 is 1.02 bits per heavy atom. The van der Waals surface area contributed by atoms with Crippen LogP contribution in [0, 0.1) is 12.8 Å². The zero-order valence-electron chi connectivity index (χ0n) is 23.7. The predicted octanol–water partition coefficient (Wildman–Crippen LogP) is 5.80. The lowest BCUT2D eigenvalue weighted by Gasteiger charge is -2.32.